The van der Waals surface area contributed by atoms with Gasteiger partial charge in [0.2, 0.25) is 0 Å². The molecule has 0 aliphatic carbocycles. The Morgan fingerprint density at radius 3 is 0.840 bits per heavy atom. The average Bonchev–Trinajstić information content (AvgIpc) is 1.15. The van der Waals surface area contributed by atoms with Crippen LogP contribution < -0.4 is 0 Å². The van der Waals surface area contributed by atoms with Crippen LogP contribution in [0, 0.1) is 0 Å². The van der Waals surface area contributed by atoms with Crippen LogP contribution in [-0.2, 0) is 65.4 Å². The summed E-state index contributed by atoms with van der Waals surface area (Å²) >= 11 is 0. The number of unbranched alkanes of at least 4 members (excludes halogenated alkanes) is 29. The number of phosphoric ester groups is 2. The van der Waals surface area contributed by atoms with Crippen molar-refractivity contribution in [2.45, 2.75) is 341 Å². The molecule has 0 saturated heterocycles. The van der Waals surface area contributed by atoms with Crippen LogP contribution >= 0.6 is 15.6 Å². The van der Waals surface area contributed by atoms with Crippen LogP contribution in [0.1, 0.15) is 323 Å². The summed E-state index contributed by atoms with van der Waals surface area (Å²) in [6.07, 6.45) is 78.0. The minimum atomic E-state index is -5.00. The maximum atomic E-state index is 13.1. The maximum Gasteiger partial charge on any atom is 0.472 e. The number of esters is 4. The predicted molar refractivity (Wildman–Crippen MR) is 408 cm³/mol. The Labute approximate surface area is 607 Å². The van der Waals surface area contributed by atoms with Crippen LogP contribution in [0.5, 0.6) is 0 Å². The van der Waals surface area contributed by atoms with Crippen LogP contribution in [0.3, 0.4) is 0 Å². The lowest BCUT2D eigenvalue weighted by molar-refractivity contribution is -0.161. The lowest BCUT2D eigenvalue weighted by Gasteiger charge is -2.21. The van der Waals surface area contributed by atoms with E-state index in [1.165, 1.54) is 122 Å². The summed E-state index contributed by atoms with van der Waals surface area (Å²) in [5.74, 6) is -2.30. The first kappa shape index (κ1) is 95.7. The minimum Gasteiger partial charge on any atom is -0.462 e. The molecule has 0 aromatic heterocycles. The molecule has 2 unspecified atom stereocenters. The molecule has 5 atom stereocenters. The number of hydrogen-bond acceptors (Lipinski definition) is 15. The van der Waals surface area contributed by atoms with Crippen LogP contribution in [0.4, 0.5) is 0 Å². The van der Waals surface area contributed by atoms with Crippen LogP contribution in [-0.4, -0.2) is 96.7 Å². The Hall–Kier alpha value is -4.28. The molecule has 0 aliphatic heterocycles. The first-order valence-corrected chi connectivity index (χ1v) is 42.1. The second-order valence-electron chi connectivity index (χ2n) is 25.9. The molecular weight excluding hydrogens is 1310 g/mol. The molecular formula is C81H140O17P2. The van der Waals surface area contributed by atoms with E-state index in [-0.39, 0.29) is 25.7 Å². The number of phosphoric acid groups is 2. The Balaban J connectivity index is 5.45. The second kappa shape index (κ2) is 73.0. The van der Waals surface area contributed by atoms with Crippen molar-refractivity contribution in [3.05, 3.63) is 109 Å². The zero-order valence-electron chi connectivity index (χ0n) is 62.8. The molecule has 0 saturated carbocycles. The van der Waals surface area contributed by atoms with Crippen LogP contribution in [0.25, 0.3) is 0 Å². The predicted octanol–water partition coefficient (Wildman–Crippen LogP) is 22.6. The number of hydrogen-bond donors (Lipinski definition) is 3. The van der Waals surface area contributed by atoms with E-state index in [2.05, 4.69) is 113 Å². The van der Waals surface area contributed by atoms with E-state index >= 15 is 0 Å². The van der Waals surface area contributed by atoms with Gasteiger partial charge in [-0.2, -0.15) is 0 Å². The first-order valence-electron chi connectivity index (χ1n) is 39.1. The Bertz CT molecular complexity index is 2320. The molecule has 0 aromatic rings. The van der Waals surface area contributed by atoms with Gasteiger partial charge in [0.15, 0.2) is 12.2 Å². The summed E-state index contributed by atoms with van der Waals surface area (Å²) in [4.78, 5) is 72.8. The molecule has 3 N–H and O–H groups in total. The fourth-order valence-electron chi connectivity index (χ4n) is 10.2. The standard InChI is InChI=1S/C81H140O17P2/c1-5-9-13-17-21-25-29-33-35-37-39-43-46-50-54-58-62-66-79(84)92-72-77(98-81(86)68-64-60-56-52-48-44-40-38-36-34-30-26-22-18-14-10-6-2)74-96-100(89,90)94-70-75(82)69-93-99(87,88)95-73-76(97-80(85)67-63-59-55-51-47-42-32-28-24-20-16-12-8-4)71-91-78(83)65-61-57-53-49-45-41-31-27-23-19-15-11-7-3/h21-22,25-26,28,32-36,39-40,43-44,50,52,54,56,75-77,82H,5-20,23-24,27,29-31,37-38,41-42,45-49,51,53,55,57-74H2,1-4H3,(H,87,88)(H,89,90)/b25-21-,26-22-,32-28-,35-33-,36-34-,43-39-,44-40-,54-50-,56-52-/t75-,76+,77+/m0/s1. The van der Waals surface area contributed by atoms with Gasteiger partial charge in [-0.15, -0.1) is 0 Å². The molecule has 0 amide bonds. The van der Waals surface area contributed by atoms with E-state index in [0.717, 1.165) is 109 Å². The van der Waals surface area contributed by atoms with Crippen molar-refractivity contribution in [2.75, 3.05) is 39.6 Å². The molecule has 100 heavy (non-hydrogen) atoms. The number of ether oxygens (including phenoxy) is 4. The summed E-state index contributed by atoms with van der Waals surface area (Å²) < 4.78 is 68.4. The molecule has 0 fully saturated rings. The number of carbonyl (C=O) groups is 4. The van der Waals surface area contributed by atoms with Gasteiger partial charge >= 0.3 is 39.5 Å². The summed E-state index contributed by atoms with van der Waals surface area (Å²) in [5, 5.41) is 10.6. The quantitative estimate of drug-likeness (QED) is 0.0169. The number of carbonyl (C=O) groups excluding carboxylic acids is 4. The maximum absolute atomic E-state index is 13.1. The normalized spacial score (nSPS) is 14.5. The molecule has 0 bridgehead atoms. The molecule has 0 spiro atoms. The molecule has 0 aromatic carbocycles. The van der Waals surface area contributed by atoms with Crippen molar-refractivity contribution in [1.29, 1.82) is 0 Å². The van der Waals surface area contributed by atoms with Gasteiger partial charge in [0, 0.05) is 25.7 Å². The van der Waals surface area contributed by atoms with Crippen molar-refractivity contribution in [3.8, 4) is 0 Å². The zero-order chi connectivity index (χ0) is 73.2. The van der Waals surface area contributed by atoms with Crippen LogP contribution in [0.15, 0.2) is 109 Å². The summed E-state index contributed by atoms with van der Waals surface area (Å²) in [5.41, 5.74) is 0. The third-order valence-corrected chi connectivity index (χ3v) is 18.1. The number of rotatable bonds is 73. The molecule has 576 valence electrons. The Morgan fingerprint density at radius 1 is 0.280 bits per heavy atom. The van der Waals surface area contributed by atoms with Crippen molar-refractivity contribution in [3.63, 3.8) is 0 Å². The first-order chi connectivity index (χ1) is 48.7. The van der Waals surface area contributed by atoms with Gasteiger partial charge in [-0.1, -0.05) is 278 Å². The van der Waals surface area contributed by atoms with Crippen LogP contribution in [0.2, 0.25) is 0 Å². The zero-order valence-corrected chi connectivity index (χ0v) is 64.6. The number of aliphatic hydroxyl groups excluding tert-OH is 1. The number of aliphatic hydroxyl groups is 1. The van der Waals surface area contributed by atoms with Gasteiger partial charge in [0.25, 0.3) is 0 Å². The van der Waals surface area contributed by atoms with E-state index < -0.39 is 97.5 Å². The molecule has 0 radical (unpaired) electrons. The SMILES string of the molecule is CCCCC/C=C\C/C=C\C/C=C\C/C=C\CCCC(=O)OC[C@H](COP(=O)(O)OC[C@@H](O)COP(=O)(O)OC[C@@H](COC(=O)CCCCCCCCCCCCCCC)OC(=O)CCCCCCC/C=C\CCCCCC)OC(=O)CCC/C=C\C/C=C\C/C=C\C/C=C\CCCCC. The van der Waals surface area contributed by atoms with E-state index in [1.54, 1.807) is 0 Å². The third kappa shape index (κ3) is 72.1. The largest absolute Gasteiger partial charge is 0.472 e. The van der Waals surface area contributed by atoms with Crippen molar-refractivity contribution >= 4 is 39.5 Å². The van der Waals surface area contributed by atoms with Gasteiger partial charge in [0.1, 0.15) is 19.3 Å². The molecule has 0 aliphatic rings. The van der Waals surface area contributed by atoms with Gasteiger partial charge in [-0.3, -0.25) is 37.3 Å². The lowest BCUT2D eigenvalue weighted by atomic mass is 10.0. The van der Waals surface area contributed by atoms with E-state index in [0.29, 0.717) is 38.5 Å². The highest BCUT2D eigenvalue weighted by atomic mass is 31.2. The monoisotopic (exact) mass is 1450 g/mol. The van der Waals surface area contributed by atoms with Crippen molar-refractivity contribution in [1.82, 2.24) is 0 Å². The molecule has 19 heteroatoms. The highest BCUT2D eigenvalue weighted by molar-refractivity contribution is 7.47. The topological polar surface area (TPSA) is 237 Å². The van der Waals surface area contributed by atoms with E-state index in [1.807, 2.05) is 24.3 Å². The average molecular weight is 1450 g/mol. The summed E-state index contributed by atoms with van der Waals surface area (Å²) in [6, 6.07) is 0. The number of allylic oxidation sites excluding steroid dienone is 18. The highest BCUT2D eigenvalue weighted by Crippen LogP contribution is 2.45. The fraction of sp³-hybridized carbons (Fsp3) is 0.728. The minimum absolute atomic E-state index is 0.00632. The van der Waals surface area contributed by atoms with E-state index in [4.69, 9.17) is 37.0 Å². The van der Waals surface area contributed by atoms with Gasteiger partial charge < -0.3 is 33.8 Å². The van der Waals surface area contributed by atoms with Gasteiger partial charge in [-0.25, -0.2) is 9.13 Å². The molecule has 0 heterocycles. The molecule has 0 rings (SSSR count). The smallest absolute Gasteiger partial charge is 0.462 e. The Kier molecular flexibility index (Phi) is 69.9. The molecule has 17 nitrogen and oxygen atoms in total. The highest BCUT2D eigenvalue weighted by Gasteiger charge is 2.30. The summed E-state index contributed by atoms with van der Waals surface area (Å²) in [6.45, 7) is 4.69. The second-order valence-corrected chi connectivity index (χ2v) is 28.9. The van der Waals surface area contributed by atoms with Gasteiger partial charge in [-0.05, 0) is 128 Å². The fourth-order valence-corrected chi connectivity index (χ4v) is 11.8. The van der Waals surface area contributed by atoms with Crippen molar-refractivity contribution in [2.24, 2.45) is 0 Å². The van der Waals surface area contributed by atoms with E-state index in [9.17, 15) is 43.2 Å². The van der Waals surface area contributed by atoms with Crippen molar-refractivity contribution < 1.29 is 80.2 Å². The van der Waals surface area contributed by atoms with Gasteiger partial charge in [0.05, 0.1) is 26.4 Å². The Morgan fingerprint density at radius 2 is 0.500 bits per heavy atom. The summed E-state index contributed by atoms with van der Waals surface area (Å²) in [7, 11) is -9.98. The third-order valence-electron chi connectivity index (χ3n) is 16.2. The lowest BCUT2D eigenvalue weighted by Crippen LogP contribution is -2.30.